The minimum Gasteiger partial charge on any atom is -0.456 e. The molecule has 2 aromatic heterocycles. The van der Waals surface area contributed by atoms with Crippen LogP contribution in [0.4, 0.5) is 10.1 Å². The number of para-hydroxylation sites is 1. The van der Waals surface area contributed by atoms with E-state index >= 15 is 0 Å². The summed E-state index contributed by atoms with van der Waals surface area (Å²) in [7, 11) is 0. The summed E-state index contributed by atoms with van der Waals surface area (Å²) in [6.45, 7) is 0.505. The van der Waals surface area contributed by atoms with Crippen LogP contribution in [-0.2, 0) is 6.54 Å². The number of hydrogen-bond donors (Lipinski definition) is 2. The molecule has 2 aromatic carbocycles. The largest absolute Gasteiger partial charge is 0.456 e. The maximum absolute atomic E-state index is 12.9. The Morgan fingerprint density at radius 3 is 2.78 bits per heavy atom. The molecule has 0 saturated carbocycles. The van der Waals surface area contributed by atoms with E-state index in [1.54, 1.807) is 6.07 Å². The first-order valence-electron chi connectivity index (χ1n) is 8.42. The van der Waals surface area contributed by atoms with Crippen molar-refractivity contribution in [3.63, 3.8) is 0 Å². The van der Waals surface area contributed by atoms with Crippen LogP contribution < -0.4 is 15.6 Å². The van der Waals surface area contributed by atoms with Crippen LogP contribution >= 0.6 is 0 Å². The molecule has 5 nitrogen and oxygen atoms in total. The lowest BCUT2D eigenvalue weighted by molar-refractivity contribution is 0.487. The van der Waals surface area contributed by atoms with Crippen molar-refractivity contribution in [2.45, 2.75) is 6.54 Å². The zero-order chi connectivity index (χ0) is 18.6. The van der Waals surface area contributed by atoms with E-state index in [1.165, 1.54) is 18.3 Å². The second-order valence-electron chi connectivity index (χ2n) is 6.02. The predicted molar refractivity (Wildman–Crippen MR) is 103 cm³/mol. The van der Waals surface area contributed by atoms with Gasteiger partial charge in [0.2, 0.25) is 5.95 Å². The number of hydrogen-bond acceptors (Lipinski definition) is 4. The van der Waals surface area contributed by atoms with Crippen molar-refractivity contribution in [3.8, 4) is 11.5 Å². The van der Waals surface area contributed by atoms with Crippen LogP contribution in [0, 0.1) is 5.95 Å². The molecule has 0 amide bonds. The normalized spacial score (nSPS) is 10.7. The van der Waals surface area contributed by atoms with Crippen LogP contribution in [0.1, 0.15) is 5.56 Å². The van der Waals surface area contributed by atoms with Crippen molar-refractivity contribution in [1.82, 2.24) is 9.97 Å². The number of fused-ring (bicyclic) bond motifs is 1. The molecule has 0 atom stereocenters. The number of aromatic amines is 1. The third-order valence-electron chi connectivity index (χ3n) is 4.06. The number of ether oxygens (including phenoxy) is 1. The number of benzene rings is 2. The molecule has 0 saturated heterocycles. The zero-order valence-corrected chi connectivity index (χ0v) is 14.3. The molecule has 0 spiro atoms. The molecule has 0 unspecified atom stereocenters. The van der Waals surface area contributed by atoms with E-state index in [-0.39, 0.29) is 5.56 Å². The Bertz CT molecular complexity index is 1140. The van der Waals surface area contributed by atoms with Gasteiger partial charge in [-0.05, 0) is 35.9 Å². The predicted octanol–water partition coefficient (Wildman–Crippen LogP) is 4.47. The Hall–Kier alpha value is -3.67. The lowest BCUT2D eigenvalue weighted by atomic mass is 10.2. The van der Waals surface area contributed by atoms with Gasteiger partial charge < -0.3 is 15.0 Å². The lowest BCUT2D eigenvalue weighted by Crippen LogP contribution is -2.05. The molecule has 2 N–H and O–H groups in total. The van der Waals surface area contributed by atoms with E-state index in [4.69, 9.17) is 4.74 Å². The summed E-state index contributed by atoms with van der Waals surface area (Å²) < 4.78 is 18.8. The van der Waals surface area contributed by atoms with Gasteiger partial charge in [-0.1, -0.05) is 24.3 Å². The van der Waals surface area contributed by atoms with Crippen molar-refractivity contribution in [3.05, 3.63) is 94.8 Å². The summed E-state index contributed by atoms with van der Waals surface area (Å²) in [5, 5.41) is 4.07. The first-order chi connectivity index (χ1) is 13.2. The molecule has 0 aliphatic rings. The molecule has 0 aliphatic carbocycles. The number of nitrogens with one attached hydrogen (secondary N) is 2. The van der Waals surface area contributed by atoms with Crippen LogP contribution in [0.15, 0.2) is 77.7 Å². The van der Waals surface area contributed by atoms with Crippen molar-refractivity contribution in [1.29, 1.82) is 0 Å². The average molecular weight is 361 g/mol. The second kappa shape index (κ2) is 7.29. The number of halogens is 1. The van der Waals surface area contributed by atoms with Crippen LogP contribution in [-0.4, -0.2) is 9.97 Å². The molecule has 6 heteroatoms. The maximum atomic E-state index is 12.9. The number of nitrogens with zero attached hydrogens (tertiary/aromatic N) is 1. The summed E-state index contributed by atoms with van der Waals surface area (Å²) in [5.74, 6) is 0.599. The van der Waals surface area contributed by atoms with Gasteiger partial charge in [-0.15, -0.1) is 0 Å². The number of rotatable bonds is 5. The van der Waals surface area contributed by atoms with Gasteiger partial charge in [0.05, 0.1) is 5.52 Å². The number of H-pyrrole nitrogens is 1. The maximum Gasteiger partial charge on any atom is 0.252 e. The van der Waals surface area contributed by atoms with Gasteiger partial charge in [-0.25, -0.2) is 4.98 Å². The van der Waals surface area contributed by atoms with Crippen molar-refractivity contribution in [2.75, 3.05) is 5.32 Å². The first-order valence-corrected chi connectivity index (χ1v) is 8.42. The summed E-state index contributed by atoms with van der Waals surface area (Å²) in [5.41, 5.74) is 2.20. The quantitative estimate of drug-likeness (QED) is 0.515. The minimum absolute atomic E-state index is 0.221. The van der Waals surface area contributed by atoms with Crippen LogP contribution in [0.3, 0.4) is 0 Å². The van der Waals surface area contributed by atoms with Crippen molar-refractivity contribution >= 4 is 16.6 Å². The standard InChI is InChI=1S/C21H16FN3O2/c22-20-9-8-14(13-24-20)12-23-15-4-3-5-16(10-15)27-19-11-21(26)25-18-7-2-1-6-17(18)19/h1-11,13,23H,12H2,(H,25,26). The summed E-state index contributed by atoms with van der Waals surface area (Å²) in [6, 6.07) is 19.3. The Morgan fingerprint density at radius 1 is 1.04 bits per heavy atom. The number of anilines is 1. The molecule has 4 aromatic rings. The third kappa shape index (κ3) is 3.95. The van der Waals surface area contributed by atoms with Crippen molar-refractivity contribution < 1.29 is 9.13 Å². The Labute approximate surface area is 154 Å². The molecule has 0 bridgehead atoms. The SMILES string of the molecule is O=c1cc(Oc2cccc(NCc3ccc(F)nc3)c2)c2ccccc2[nH]1. The summed E-state index contributed by atoms with van der Waals surface area (Å²) in [6.07, 6.45) is 1.49. The minimum atomic E-state index is -0.501. The molecule has 0 fully saturated rings. The highest BCUT2D eigenvalue weighted by atomic mass is 19.1. The molecule has 0 aliphatic heterocycles. The van der Waals surface area contributed by atoms with E-state index in [0.29, 0.717) is 18.0 Å². The van der Waals surface area contributed by atoms with Gasteiger partial charge in [0.25, 0.3) is 5.56 Å². The van der Waals surface area contributed by atoms with Gasteiger partial charge >= 0.3 is 0 Å². The Balaban J connectivity index is 1.55. The number of aromatic nitrogens is 2. The van der Waals surface area contributed by atoms with E-state index in [2.05, 4.69) is 15.3 Å². The Morgan fingerprint density at radius 2 is 1.93 bits per heavy atom. The number of pyridine rings is 2. The van der Waals surface area contributed by atoms with Crippen LogP contribution in [0.25, 0.3) is 10.9 Å². The smallest absolute Gasteiger partial charge is 0.252 e. The van der Waals surface area contributed by atoms with E-state index in [9.17, 15) is 9.18 Å². The molecule has 134 valence electrons. The van der Waals surface area contributed by atoms with E-state index in [0.717, 1.165) is 22.2 Å². The summed E-state index contributed by atoms with van der Waals surface area (Å²) >= 11 is 0. The van der Waals surface area contributed by atoms with Gasteiger partial charge in [-0.3, -0.25) is 4.79 Å². The fourth-order valence-electron chi connectivity index (χ4n) is 2.77. The van der Waals surface area contributed by atoms with Crippen molar-refractivity contribution in [2.24, 2.45) is 0 Å². The molecule has 2 heterocycles. The lowest BCUT2D eigenvalue weighted by Gasteiger charge is -2.11. The van der Waals surface area contributed by atoms with E-state index in [1.807, 2.05) is 48.5 Å². The average Bonchev–Trinajstić information content (AvgIpc) is 2.68. The van der Waals surface area contributed by atoms with Gasteiger partial charge in [0, 0.05) is 35.9 Å². The van der Waals surface area contributed by atoms with Crippen LogP contribution in [0.2, 0.25) is 0 Å². The van der Waals surface area contributed by atoms with Gasteiger partial charge in [-0.2, -0.15) is 4.39 Å². The molecular weight excluding hydrogens is 345 g/mol. The third-order valence-corrected chi connectivity index (χ3v) is 4.06. The summed E-state index contributed by atoms with van der Waals surface area (Å²) in [4.78, 5) is 18.3. The van der Waals surface area contributed by atoms with Crippen LogP contribution in [0.5, 0.6) is 11.5 Å². The molecule has 0 radical (unpaired) electrons. The van der Waals surface area contributed by atoms with Gasteiger partial charge in [0.1, 0.15) is 11.5 Å². The topological polar surface area (TPSA) is 67.0 Å². The highest BCUT2D eigenvalue weighted by molar-refractivity contribution is 5.84. The zero-order valence-electron chi connectivity index (χ0n) is 14.3. The highest BCUT2D eigenvalue weighted by Crippen LogP contribution is 2.28. The van der Waals surface area contributed by atoms with Gasteiger partial charge in [0.15, 0.2) is 0 Å². The first kappa shape index (κ1) is 16.8. The Kier molecular flexibility index (Phi) is 4.53. The molecule has 27 heavy (non-hydrogen) atoms. The van der Waals surface area contributed by atoms with E-state index < -0.39 is 5.95 Å². The molecular formula is C21H16FN3O2. The highest BCUT2D eigenvalue weighted by Gasteiger charge is 2.06. The fourth-order valence-corrected chi connectivity index (χ4v) is 2.77. The second-order valence-corrected chi connectivity index (χ2v) is 6.02. The monoisotopic (exact) mass is 361 g/mol. The molecule has 4 rings (SSSR count). The fraction of sp³-hybridized carbons (Fsp3) is 0.0476.